The average molecular weight is 246 g/mol. The molecule has 1 aromatic rings. The Bertz CT molecular complexity index is 456. The molecule has 1 aromatic carbocycles. The Labute approximate surface area is 108 Å². The van der Waals surface area contributed by atoms with Crippen LogP contribution in [0.4, 0.5) is 5.69 Å². The number of hydrogen-bond acceptors (Lipinski definition) is 4. The molecule has 0 atom stereocenters. The highest BCUT2D eigenvalue weighted by Crippen LogP contribution is 2.35. The highest BCUT2D eigenvalue weighted by molar-refractivity contribution is 5.60. The van der Waals surface area contributed by atoms with Crippen molar-refractivity contribution in [1.29, 1.82) is 5.26 Å². The van der Waals surface area contributed by atoms with Crippen LogP contribution in [0.15, 0.2) is 18.2 Å². The summed E-state index contributed by atoms with van der Waals surface area (Å²) in [6.07, 6.45) is 3.35. The smallest absolute Gasteiger partial charge is 0.121 e. The fraction of sp³-hybridized carbons (Fsp3) is 0.500. The Morgan fingerprint density at radius 1 is 1.39 bits per heavy atom. The average Bonchev–Trinajstić information content (AvgIpc) is 2.37. The van der Waals surface area contributed by atoms with Crippen molar-refractivity contribution in [2.45, 2.75) is 24.9 Å². The van der Waals surface area contributed by atoms with Crippen LogP contribution in [0.1, 0.15) is 24.8 Å². The first-order chi connectivity index (χ1) is 8.73. The molecule has 1 saturated carbocycles. The first-order valence-electron chi connectivity index (χ1n) is 6.10. The van der Waals surface area contributed by atoms with E-state index < -0.39 is 0 Å². The predicted octanol–water partition coefficient (Wildman–Crippen LogP) is 2.55. The van der Waals surface area contributed by atoms with Gasteiger partial charge in [-0.05, 0) is 31.4 Å². The van der Waals surface area contributed by atoms with E-state index in [2.05, 4.69) is 11.4 Å². The van der Waals surface area contributed by atoms with Gasteiger partial charge in [0.15, 0.2) is 0 Å². The van der Waals surface area contributed by atoms with Gasteiger partial charge >= 0.3 is 0 Å². The van der Waals surface area contributed by atoms with Crippen LogP contribution in [-0.2, 0) is 4.74 Å². The molecular formula is C14H18N2O2. The molecule has 4 heteroatoms. The SMILES string of the molecule is COc1ccc(C#N)c(NCC2(OC)CCC2)c1. The van der Waals surface area contributed by atoms with E-state index in [0.29, 0.717) is 5.56 Å². The van der Waals surface area contributed by atoms with Crippen LogP contribution < -0.4 is 10.1 Å². The van der Waals surface area contributed by atoms with Gasteiger partial charge in [-0.3, -0.25) is 0 Å². The van der Waals surface area contributed by atoms with E-state index in [4.69, 9.17) is 14.7 Å². The lowest BCUT2D eigenvalue weighted by Gasteiger charge is -2.40. The van der Waals surface area contributed by atoms with Gasteiger partial charge in [-0.15, -0.1) is 0 Å². The summed E-state index contributed by atoms with van der Waals surface area (Å²) in [7, 11) is 3.37. The monoisotopic (exact) mass is 246 g/mol. The summed E-state index contributed by atoms with van der Waals surface area (Å²) < 4.78 is 10.7. The Morgan fingerprint density at radius 3 is 2.67 bits per heavy atom. The highest BCUT2D eigenvalue weighted by Gasteiger charge is 2.36. The third-order valence-corrected chi connectivity index (χ3v) is 3.65. The molecule has 1 fully saturated rings. The van der Waals surface area contributed by atoms with Crippen LogP contribution in [-0.4, -0.2) is 26.4 Å². The van der Waals surface area contributed by atoms with Gasteiger partial charge in [0.05, 0.1) is 24.0 Å². The summed E-state index contributed by atoms with van der Waals surface area (Å²) >= 11 is 0. The molecule has 1 aliphatic rings. The third kappa shape index (κ3) is 2.41. The van der Waals surface area contributed by atoms with E-state index in [1.165, 1.54) is 6.42 Å². The number of nitrogens with zero attached hydrogens (tertiary/aromatic N) is 1. The van der Waals surface area contributed by atoms with Crippen LogP contribution in [0.3, 0.4) is 0 Å². The van der Waals surface area contributed by atoms with E-state index in [-0.39, 0.29) is 5.60 Å². The molecule has 1 aliphatic carbocycles. The van der Waals surface area contributed by atoms with Gasteiger partial charge in [-0.2, -0.15) is 5.26 Å². The maximum absolute atomic E-state index is 9.08. The molecule has 96 valence electrons. The van der Waals surface area contributed by atoms with Crippen molar-refractivity contribution in [2.75, 3.05) is 26.1 Å². The molecule has 4 nitrogen and oxygen atoms in total. The van der Waals surface area contributed by atoms with Crippen molar-refractivity contribution < 1.29 is 9.47 Å². The van der Waals surface area contributed by atoms with Gasteiger partial charge < -0.3 is 14.8 Å². The lowest BCUT2D eigenvalue weighted by molar-refractivity contribution is -0.0601. The van der Waals surface area contributed by atoms with Gasteiger partial charge in [0.25, 0.3) is 0 Å². The lowest BCUT2D eigenvalue weighted by atomic mass is 9.80. The molecular weight excluding hydrogens is 228 g/mol. The number of anilines is 1. The second-order valence-corrected chi connectivity index (χ2v) is 4.62. The quantitative estimate of drug-likeness (QED) is 0.867. The number of methoxy groups -OCH3 is 2. The first-order valence-corrected chi connectivity index (χ1v) is 6.10. The van der Waals surface area contributed by atoms with E-state index in [0.717, 1.165) is 30.8 Å². The van der Waals surface area contributed by atoms with Crippen LogP contribution in [0.25, 0.3) is 0 Å². The number of hydrogen-bond donors (Lipinski definition) is 1. The summed E-state index contributed by atoms with van der Waals surface area (Å²) in [6.45, 7) is 0.728. The van der Waals surface area contributed by atoms with E-state index in [1.54, 1.807) is 26.4 Å². The number of nitrogens with one attached hydrogen (secondary N) is 1. The fourth-order valence-electron chi connectivity index (χ4n) is 2.17. The van der Waals surface area contributed by atoms with Crippen LogP contribution >= 0.6 is 0 Å². The molecule has 0 aromatic heterocycles. The molecule has 0 unspecified atom stereocenters. The summed E-state index contributed by atoms with van der Waals surface area (Å²) in [5.74, 6) is 0.747. The molecule has 0 amide bonds. The molecule has 0 saturated heterocycles. The van der Waals surface area contributed by atoms with Crippen molar-refractivity contribution in [3.8, 4) is 11.8 Å². The van der Waals surface area contributed by atoms with Crippen molar-refractivity contribution in [2.24, 2.45) is 0 Å². The molecule has 1 N–H and O–H groups in total. The first kappa shape index (κ1) is 12.7. The summed E-state index contributed by atoms with van der Waals surface area (Å²) in [5.41, 5.74) is 1.37. The second kappa shape index (κ2) is 5.28. The van der Waals surface area contributed by atoms with Gasteiger partial charge in [0.1, 0.15) is 11.8 Å². The maximum atomic E-state index is 9.08. The maximum Gasteiger partial charge on any atom is 0.121 e. The van der Waals surface area contributed by atoms with E-state index in [1.807, 2.05) is 6.07 Å². The number of rotatable bonds is 5. The molecule has 0 radical (unpaired) electrons. The minimum Gasteiger partial charge on any atom is -0.497 e. The minimum atomic E-state index is -0.0597. The summed E-state index contributed by atoms with van der Waals surface area (Å²) in [4.78, 5) is 0. The fourth-order valence-corrected chi connectivity index (χ4v) is 2.17. The van der Waals surface area contributed by atoms with Crippen molar-refractivity contribution >= 4 is 5.69 Å². The van der Waals surface area contributed by atoms with Crippen molar-refractivity contribution in [3.63, 3.8) is 0 Å². The Kier molecular flexibility index (Phi) is 3.73. The molecule has 0 heterocycles. The molecule has 18 heavy (non-hydrogen) atoms. The summed E-state index contributed by atoms with van der Waals surface area (Å²) in [5, 5.41) is 12.4. The van der Waals surface area contributed by atoms with Gasteiger partial charge in [0, 0.05) is 19.7 Å². The van der Waals surface area contributed by atoms with Crippen LogP contribution in [0, 0.1) is 11.3 Å². The zero-order chi connectivity index (χ0) is 13.0. The Balaban J connectivity index is 2.10. The largest absolute Gasteiger partial charge is 0.497 e. The zero-order valence-corrected chi connectivity index (χ0v) is 10.8. The minimum absolute atomic E-state index is 0.0597. The standard InChI is InChI=1S/C14H18N2O2/c1-17-12-5-4-11(9-15)13(8-12)16-10-14(18-2)6-3-7-14/h4-5,8,16H,3,6-7,10H2,1-2H3. The predicted molar refractivity (Wildman–Crippen MR) is 69.8 cm³/mol. The molecule has 0 spiro atoms. The molecule has 2 rings (SSSR count). The van der Waals surface area contributed by atoms with Gasteiger partial charge in [-0.25, -0.2) is 0 Å². The normalized spacial score (nSPS) is 16.5. The topological polar surface area (TPSA) is 54.3 Å². The number of benzene rings is 1. The third-order valence-electron chi connectivity index (χ3n) is 3.65. The van der Waals surface area contributed by atoms with Crippen molar-refractivity contribution in [1.82, 2.24) is 0 Å². The van der Waals surface area contributed by atoms with E-state index in [9.17, 15) is 0 Å². The number of nitriles is 1. The van der Waals surface area contributed by atoms with Crippen LogP contribution in [0.5, 0.6) is 5.75 Å². The summed E-state index contributed by atoms with van der Waals surface area (Å²) in [6, 6.07) is 7.58. The zero-order valence-electron chi connectivity index (χ0n) is 10.8. The second-order valence-electron chi connectivity index (χ2n) is 4.62. The molecule has 0 bridgehead atoms. The molecule has 0 aliphatic heterocycles. The Hall–Kier alpha value is -1.73. The van der Waals surface area contributed by atoms with E-state index >= 15 is 0 Å². The lowest BCUT2D eigenvalue weighted by Crippen LogP contribution is -2.45. The highest BCUT2D eigenvalue weighted by atomic mass is 16.5. The Morgan fingerprint density at radius 2 is 2.17 bits per heavy atom. The number of ether oxygens (including phenoxy) is 2. The van der Waals surface area contributed by atoms with Crippen LogP contribution in [0.2, 0.25) is 0 Å². The van der Waals surface area contributed by atoms with Gasteiger partial charge in [-0.1, -0.05) is 0 Å². The van der Waals surface area contributed by atoms with Crippen molar-refractivity contribution in [3.05, 3.63) is 23.8 Å². The van der Waals surface area contributed by atoms with Gasteiger partial charge in [0.2, 0.25) is 0 Å².